The minimum absolute atomic E-state index is 0.139. The van der Waals surface area contributed by atoms with Crippen LogP contribution >= 0.6 is 0 Å². The molecule has 0 radical (unpaired) electrons. The summed E-state index contributed by atoms with van der Waals surface area (Å²) in [5, 5.41) is 0. The van der Waals surface area contributed by atoms with Crippen LogP contribution in [0.5, 0.6) is 0 Å². The van der Waals surface area contributed by atoms with Crippen molar-refractivity contribution in [3.63, 3.8) is 0 Å². The topological polar surface area (TPSA) is 80.1 Å². The fraction of sp³-hybridized carbons (Fsp3) is 0.350. The molecule has 3 heterocycles. The lowest BCUT2D eigenvalue weighted by Crippen LogP contribution is -2.39. The normalized spacial score (nSPS) is 17.4. The molecular weight excluding hydrogens is 344 g/mol. The number of benzene rings is 1. The van der Waals surface area contributed by atoms with Crippen LogP contribution in [0.3, 0.4) is 0 Å². The number of nitrogens with one attached hydrogen (secondary N) is 1. The van der Waals surface area contributed by atoms with Crippen LogP contribution in [0.1, 0.15) is 30.1 Å². The molecule has 1 saturated heterocycles. The number of para-hydroxylation sites is 1. The third kappa shape index (κ3) is 2.89. The number of carbonyl (C=O) groups is 1. The molecule has 7 nitrogen and oxygen atoms in total. The molecule has 0 spiro atoms. The molecule has 1 fully saturated rings. The van der Waals surface area contributed by atoms with Gasteiger partial charge in [-0.25, -0.2) is 9.36 Å². The highest BCUT2D eigenvalue weighted by atomic mass is 16.2. The standard InChI is InChI=1S/C20H22N4O3/c1-13-7-6-10-23(11-13)18(25)15-12-22(2)17-16(15)21-20(27)24(19(17)26)14-8-4-3-5-9-14/h3-5,8-9,12-13H,6-7,10-11H2,1-2H3,(H,21,27)/t13-/m0/s1. The molecule has 1 amide bonds. The Kier molecular flexibility index (Phi) is 4.22. The second-order valence-electron chi connectivity index (χ2n) is 7.28. The number of aryl methyl sites for hydroxylation is 1. The lowest BCUT2D eigenvalue weighted by molar-refractivity contribution is 0.0684. The van der Waals surface area contributed by atoms with Gasteiger partial charge in [-0.3, -0.25) is 9.59 Å². The Bertz CT molecular complexity index is 1120. The summed E-state index contributed by atoms with van der Waals surface area (Å²) in [6.07, 6.45) is 3.71. The van der Waals surface area contributed by atoms with Gasteiger partial charge in [0.05, 0.1) is 16.8 Å². The molecule has 2 aromatic heterocycles. The van der Waals surface area contributed by atoms with E-state index in [4.69, 9.17) is 0 Å². The van der Waals surface area contributed by atoms with Crippen LogP contribution in [-0.4, -0.2) is 38.0 Å². The number of hydrogen-bond donors (Lipinski definition) is 1. The summed E-state index contributed by atoms with van der Waals surface area (Å²) < 4.78 is 2.72. The van der Waals surface area contributed by atoms with E-state index in [0.717, 1.165) is 17.4 Å². The Hall–Kier alpha value is -3.09. The van der Waals surface area contributed by atoms with Crippen LogP contribution in [-0.2, 0) is 7.05 Å². The Morgan fingerprint density at radius 1 is 1.19 bits per heavy atom. The summed E-state index contributed by atoms with van der Waals surface area (Å²) >= 11 is 0. The molecule has 0 aliphatic carbocycles. The third-order valence-electron chi connectivity index (χ3n) is 5.21. The molecule has 1 N–H and O–H groups in total. The van der Waals surface area contributed by atoms with Gasteiger partial charge < -0.3 is 14.5 Å². The fourth-order valence-corrected chi connectivity index (χ4v) is 3.89. The van der Waals surface area contributed by atoms with Gasteiger partial charge in [0.25, 0.3) is 11.5 Å². The predicted octanol–water partition coefficient (Wildman–Crippen LogP) is 1.89. The van der Waals surface area contributed by atoms with Crippen molar-refractivity contribution < 1.29 is 4.79 Å². The Labute approximate surface area is 155 Å². The Morgan fingerprint density at radius 2 is 1.93 bits per heavy atom. The summed E-state index contributed by atoms with van der Waals surface area (Å²) in [6, 6.07) is 8.76. The minimum Gasteiger partial charge on any atom is -0.344 e. The molecule has 0 bridgehead atoms. The predicted molar refractivity (Wildman–Crippen MR) is 103 cm³/mol. The van der Waals surface area contributed by atoms with E-state index in [9.17, 15) is 14.4 Å². The van der Waals surface area contributed by atoms with Crippen LogP contribution < -0.4 is 11.2 Å². The molecule has 140 valence electrons. The van der Waals surface area contributed by atoms with E-state index in [2.05, 4.69) is 11.9 Å². The van der Waals surface area contributed by atoms with E-state index in [0.29, 0.717) is 41.3 Å². The Morgan fingerprint density at radius 3 is 2.63 bits per heavy atom. The number of aromatic amines is 1. The largest absolute Gasteiger partial charge is 0.344 e. The SMILES string of the molecule is C[C@H]1CCCN(C(=O)c2cn(C)c3c(=O)n(-c4ccccc4)c(=O)[nH]c23)C1. The molecule has 1 aliphatic rings. The summed E-state index contributed by atoms with van der Waals surface area (Å²) in [6.45, 7) is 3.52. The van der Waals surface area contributed by atoms with E-state index in [1.54, 1.807) is 42.1 Å². The number of fused-ring (bicyclic) bond motifs is 1. The third-order valence-corrected chi connectivity index (χ3v) is 5.21. The van der Waals surface area contributed by atoms with Crippen LogP contribution in [0.15, 0.2) is 46.1 Å². The molecule has 0 saturated carbocycles. The minimum atomic E-state index is -0.550. The summed E-state index contributed by atoms with van der Waals surface area (Å²) in [5.41, 5.74) is 0.495. The van der Waals surface area contributed by atoms with Gasteiger partial charge in [0.15, 0.2) is 0 Å². The van der Waals surface area contributed by atoms with Crippen molar-refractivity contribution >= 4 is 16.9 Å². The van der Waals surface area contributed by atoms with Crippen molar-refractivity contribution in [1.82, 2.24) is 19.0 Å². The first-order valence-corrected chi connectivity index (χ1v) is 9.16. The highest BCUT2D eigenvalue weighted by molar-refractivity contribution is 6.05. The van der Waals surface area contributed by atoms with E-state index in [-0.39, 0.29) is 5.91 Å². The molecule has 1 aromatic carbocycles. The highest BCUT2D eigenvalue weighted by Gasteiger charge is 2.26. The van der Waals surface area contributed by atoms with Crippen molar-refractivity contribution in [2.24, 2.45) is 13.0 Å². The molecular formula is C20H22N4O3. The number of hydrogen-bond acceptors (Lipinski definition) is 3. The van der Waals surface area contributed by atoms with Crippen molar-refractivity contribution in [3.05, 3.63) is 62.9 Å². The number of aromatic nitrogens is 3. The number of rotatable bonds is 2. The monoisotopic (exact) mass is 366 g/mol. The van der Waals surface area contributed by atoms with Crippen LogP contribution in [0, 0.1) is 5.92 Å². The number of likely N-dealkylation sites (tertiary alicyclic amines) is 1. The van der Waals surface area contributed by atoms with Gasteiger partial charge in [-0.15, -0.1) is 0 Å². The van der Waals surface area contributed by atoms with E-state index in [1.807, 2.05) is 11.0 Å². The average Bonchev–Trinajstić information content (AvgIpc) is 2.98. The molecule has 3 aromatic rings. The van der Waals surface area contributed by atoms with E-state index < -0.39 is 11.2 Å². The Balaban J connectivity index is 1.87. The van der Waals surface area contributed by atoms with Crippen LogP contribution in [0.4, 0.5) is 0 Å². The zero-order valence-corrected chi connectivity index (χ0v) is 15.4. The number of nitrogens with zero attached hydrogens (tertiary/aromatic N) is 3. The smallest absolute Gasteiger partial charge is 0.333 e. The van der Waals surface area contributed by atoms with E-state index in [1.165, 1.54) is 0 Å². The maximum absolute atomic E-state index is 13.0. The molecule has 1 atom stereocenters. The molecule has 7 heteroatoms. The lowest BCUT2D eigenvalue weighted by atomic mass is 10.00. The van der Waals surface area contributed by atoms with Gasteiger partial charge >= 0.3 is 5.69 Å². The average molecular weight is 366 g/mol. The number of piperidine rings is 1. The second kappa shape index (κ2) is 6.57. The molecule has 4 rings (SSSR count). The molecule has 0 unspecified atom stereocenters. The number of H-pyrrole nitrogens is 1. The number of amides is 1. The maximum atomic E-state index is 13.0. The van der Waals surface area contributed by atoms with Gasteiger partial charge in [-0.2, -0.15) is 0 Å². The van der Waals surface area contributed by atoms with Gasteiger partial charge in [0, 0.05) is 26.3 Å². The summed E-state index contributed by atoms with van der Waals surface area (Å²) in [5.74, 6) is 0.312. The van der Waals surface area contributed by atoms with Gasteiger partial charge in [-0.05, 0) is 30.9 Å². The van der Waals surface area contributed by atoms with Crippen molar-refractivity contribution in [2.45, 2.75) is 19.8 Å². The van der Waals surface area contributed by atoms with E-state index >= 15 is 0 Å². The van der Waals surface area contributed by atoms with Crippen molar-refractivity contribution in [3.8, 4) is 5.69 Å². The molecule has 27 heavy (non-hydrogen) atoms. The summed E-state index contributed by atoms with van der Waals surface area (Å²) in [7, 11) is 1.72. The first-order valence-electron chi connectivity index (χ1n) is 9.16. The fourth-order valence-electron chi connectivity index (χ4n) is 3.89. The maximum Gasteiger partial charge on any atom is 0.333 e. The van der Waals surface area contributed by atoms with Gasteiger partial charge in [-0.1, -0.05) is 25.1 Å². The van der Waals surface area contributed by atoms with Gasteiger partial charge in [0.1, 0.15) is 5.52 Å². The quantitative estimate of drug-likeness (QED) is 0.752. The second-order valence-corrected chi connectivity index (χ2v) is 7.28. The van der Waals surface area contributed by atoms with Gasteiger partial charge in [0.2, 0.25) is 0 Å². The highest BCUT2D eigenvalue weighted by Crippen LogP contribution is 2.21. The number of carbonyl (C=O) groups excluding carboxylic acids is 1. The summed E-state index contributed by atoms with van der Waals surface area (Å²) in [4.78, 5) is 43.3. The first kappa shape index (κ1) is 17.3. The lowest BCUT2D eigenvalue weighted by Gasteiger charge is -2.30. The first-order chi connectivity index (χ1) is 13.0. The van der Waals surface area contributed by atoms with Crippen LogP contribution in [0.25, 0.3) is 16.7 Å². The van der Waals surface area contributed by atoms with Crippen molar-refractivity contribution in [2.75, 3.05) is 13.1 Å². The zero-order valence-electron chi connectivity index (χ0n) is 15.4. The van der Waals surface area contributed by atoms with Crippen molar-refractivity contribution in [1.29, 1.82) is 0 Å². The van der Waals surface area contributed by atoms with Crippen LogP contribution in [0.2, 0.25) is 0 Å². The molecule has 1 aliphatic heterocycles. The zero-order chi connectivity index (χ0) is 19.1.